The van der Waals surface area contributed by atoms with E-state index in [0.717, 1.165) is 28.8 Å². The second kappa shape index (κ2) is 20.5. The molecule has 0 aliphatic carbocycles. The molecule has 0 fully saturated rings. The molecule has 3 N–H and O–H groups in total. The van der Waals surface area contributed by atoms with E-state index in [4.69, 9.17) is 14.2 Å². The van der Waals surface area contributed by atoms with Crippen molar-refractivity contribution in [2.45, 2.75) is 67.1 Å². The number of hydrogen-bond donors (Lipinski definition) is 3. The van der Waals surface area contributed by atoms with Crippen LogP contribution in [-0.2, 0) is 55.5 Å². The summed E-state index contributed by atoms with van der Waals surface area (Å²) in [5, 5.41) is 11.5. The van der Waals surface area contributed by atoms with Crippen LogP contribution < -0.4 is 9.64 Å². The van der Waals surface area contributed by atoms with E-state index in [1.165, 1.54) is 24.3 Å². The topological polar surface area (TPSA) is 237 Å². The zero-order valence-corrected chi connectivity index (χ0v) is 41.9. The SMILES string of the molecule is CCC[N+]1=C(/C=C/C(=C/C=C2/N(CCCS(=O)(=O)O)c3ccc4c(S(=O)(=O)[O-])cccc4c3C2(C)CCOC)c2ccc(OCC(=O)O)cc2)C(C)(CCOC)c2c1ccc1ccc(S(=O)(=O)O)cc21. The average Bonchev–Trinajstić information content (AvgIpc) is 3.69. The normalized spacial score (nSPS) is 19.2. The Morgan fingerprint density at radius 3 is 2.14 bits per heavy atom. The molecule has 2 aliphatic rings. The number of carboxylic acids is 1. The molecule has 0 saturated carbocycles. The summed E-state index contributed by atoms with van der Waals surface area (Å²) < 4.78 is 126. The van der Waals surface area contributed by atoms with Crippen LogP contribution in [0.15, 0.2) is 125 Å². The molecular weight excluding hydrogens is 961 g/mol. The lowest BCUT2D eigenvalue weighted by Gasteiger charge is -2.30. The van der Waals surface area contributed by atoms with Crippen molar-refractivity contribution in [3.63, 3.8) is 0 Å². The van der Waals surface area contributed by atoms with Crippen molar-refractivity contribution < 1.29 is 67.6 Å². The number of aliphatic carboxylic acids is 1. The summed E-state index contributed by atoms with van der Waals surface area (Å²) in [6.07, 6.45) is 9.39. The number of carboxylic acid groups (broad SMARTS) is 1. The first kappa shape index (κ1) is 52.1. The van der Waals surface area contributed by atoms with Crippen molar-refractivity contribution in [2.24, 2.45) is 0 Å². The minimum atomic E-state index is -4.89. The van der Waals surface area contributed by atoms with E-state index in [9.17, 15) is 48.8 Å². The molecule has 0 bridgehead atoms. The Morgan fingerprint density at radius 1 is 0.829 bits per heavy atom. The lowest BCUT2D eigenvalue weighted by molar-refractivity contribution is -0.437. The summed E-state index contributed by atoms with van der Waals surface area (Å²) in [4.78, 5) is 12.7. The Kier molecular flexibility index (Phi) is 15.3. The second-order valence-electron chi connectivity index (χ2n) is 17.8. The summed E-state index contributed by atoms with van der Waals surface area (Å²) in [5.41, 5.74) is 4.30. The predicted octanol–water partition coefficient (Wildman–Crippen LogP) is 8.03. The number of benzene rings is 5. The molecule has 2 atom stereocenters. The van der Waals surface area contributed by atoms with Gasteiger partial charge in [-0.3, -0.25) is 9.11 Å². The quantitative estimate of drug-likeness (QED) is 0.0358. The Bertz CT molecular complexity index is 3330. The molecule has 0 amide bonds. The molecule has 0 aromatic heterocycles. The van der Waals surface area contributed by atoms with Gasteiger partial charge < -0.3 is 28.8 Å². The van der Waals surface area contributed by atoms with E-state index in [0.29, 0.717) is 70.6 Å². The van der Waals surface area contributed by atoms with E-state index < -0.39 is 59.5 Å². The molecule has 2 unspecified atom stereocenters. The van der Waals surface area contributed by atoms with Gasteiger partial charge in [0, 0.05) is 74.9 Å². The Labute approximate surface area is 408 Å². The van der Waals surface area contributed by atoms with Gasteiger partial charge in [-0.05, 0) is 126 Å². The van der Waals surface area contributed by atoms with Crippen molar-refractivity contribution in [1.29, 1.82) is 0 Å². The van der Waals surface area contributed by atoms with Crippen LogP contribution in [0.4, 0.5) is 11.4 Å². The van der Waals surface area contributed by atoms with Crippen molar-refractivity contribution in [2.75, 3.05) is 57.8 Å². The lowest BCUT2D eigenvalue weighted by atomic mass is 9.74. The number of hydrogen-bond acceptors (Lipinski definition) is 12. The maximum Gasteiger partial charge on any atom is 0.341 e. The maximum absolute atomic E-state index is 12.6. The van der Waals surface area contributed by atoms with Crippen LogP contribution in [0.3, 0.4) is 0 Å². The van der Waals surface area contributed by atoms with Gasteiger partial charge in [0.1, 0.15) is 22.4 Å². The average molecular weight is 1020 g/mol. The van der Waals surface area contributed by atoms with Crippen LogP contribution in [0.25, 0.3) is 27.1 Å². The highest BCUT2D eigenvalue weighted by atomic mass is 32.2. The molecule has 19 heteroatoms. The third-order valence-corrected chi connectivity index (χ3v) is 15.7. The van der Waals surface area contributed by atoms with Crippen LogP contribution in [-0.4, -0.2) is 113 Å². The highest BCUT2D eigenvalue weighted by Gasteiger charge is 2.49. The first-order valence-electron chi connectivity index (χ1n) is 22.5. The van der Waals surface area contributed by atoms with E-state index in [1.807, 2.05) is 48.3 Å². The van der Waals surface area contributed by atoms with Gasteiger partial charge in [-0.2, -0.15) is 21.4 Å². The fourth-order valence-corrected chi connectivity index (χ4v) is 11.6. The molecular formula is C51H56N2O14S3. The number of carbonyl (C=O) groups is 1. The first-order valence-corrected chi connectivity index (χ1v) is 27.0. The maximum atomic E-state index is 12.6. The van der Waals surface area contributed by atoms with Crippen LogP contribution in [0.2, 0.25) is 0 Å². The lowest BCUT2D eigenvalue weighted by Crippen LogP contribution is -2.33. The summed E-state index contributed by atoms with van der Waals surface area (Å²) in [5.74, 6) is -1.35. The molecule has 5 aromatic rings. The molecule has 0 saturated heterocycles. The Morgan fingerprint density at radius 2 is 1.51 bits per heavy atom. The summed E-state index contributed by atoms with van der Waals surface area (Å²) >= 11 is 0. The molecule has 2 heterocycles. The summed E-state index contributed by atoms with van der Waals surface area (Å²) in [6.45, 7) is 6.87. The second-order valence-corrected chi connectivity index (χ2v) is 22.1. The van der Waals surface area contributed by atoms with E-state index >= 15 is 0 Å². The molecule has 5 aromatic carbocycles. The van der Waals surface area contributed by atoms with Crippen molar-refractivity contribution in [1.82, 2.24) is 0 Å². The number of ether oxygens (including phenoxy) is 3. The molecule has 372 valence electrons. The molecule has 0 spiro atoms. The van der Waals surface area contributed by atoms with E-state index in [2.05, 4.69) is 18.4 Å². The fourth-order valence-electron chi connectivity index (χ4n) is 9.96. The monoisotopic (exact) mass is 1020 g/mol. The van der Waals surface area contributed by atoms with Crippen LogP contribution in [0.5, 0.6) is 5.75 Å². The zero-order chi connectivity index (χ0) is 50.8. The van der Waals surface area contributed by atoms with Crippen molar-refractivity contribution in [3.8, 4) is 5.75 Å². The van der Waals surface area contributed by atoms with Gasteiger partial charge in [0.2, 0.25) is 5.69 Å². The molecule has 70 heavy (non-hydrogen) atoms. The molecule has 2 aliphatic heterocycles. The minimum Gasteiger partial charge on any atom is -0.744 e. The van der Waals surface area contributed by atoms with E-state index in [-0.39, 0.29) is 34.7 Å². The number of anilines is 1. The number of rotatable bonds is 21. The minimum absolute atomic E-state index is 0.0177. The van der Waals surface area contributed by atoms with E-state index in [1.54, 1.807) is 62.8 Å². The zero-order valence-electron chi connectivity index (χ0n) is 39.4. The largest absolute Gasteiger partial charge is 0.744 e. The van der Waals surface area contributed by atoms with Gasteiger partial charge in [-0.15, -0.1) is 0 Å². The van der Waals surface area contributed by atoms with Gasteiger partial charge in [-0.25, -0.2) is 13.2 Å². The standard InChI is InChI=1S/C51H56N2O14S3/c1-6-27-52-42-21-14-36-13-19-38(69(59,60)61)32-41(36)49(42)51(3,26-30-66-5)45(52)23-15-35(34-11-17-37(18-12-34)67-33-47(54)55)16-24-46-50(2,25-29-65-4)48-40-9-7-10-44(70(62,63)64)39(40)20-22-43(48)53(46)28-8-31-68(56,57)58/h7,9-24,32H,6,8,25-31,33H2,1-5H3,(H3-,54,55,56,57,58,59,60,61,62,63,64). The highest BCUT2D eigenvalue weighted by Crippen LogP contribution is 2.54. The van der Waals surface area contributed by atoms with Crippen molar-refractivity contribution >= 4 is 80.5 Å². The number of nitrogens with zero attached hydrogens (tertiary/aromatic N) is 2. The molecule has 0 radical (unpaired) electrons. The summed E-state index contributed by atoms with van der Waals surface area (Å²) in [6, 6.07) is 23.2. The third kappa shape index (κ3) is 10.6. The predicted molar refractivity (Wildman–Crippen MR) is 267 cm³/mol. The smallest absolute Gasteiger partial charge is 0.341 e. The Hall–Kier alpha value is -5.77. The first-order chi connectivity index (χ1) is 33.1. The fraction of sp³-hybridized carbons (Fsp3) is 0.333. The van der Waals surface area contributed by atoms with Gasteiger partial charge in [0.05, 0.1) is 21.0 Å². The number of allylic oxidation sites excluding steroid dienone is 6. The highest BCUT2D eigenvalue weighted by molar-refractivity contribution is 7.86. The summed E-state index contributed by atoms with van der Waals surface area (Å²) in [7, 11) is -10.6. The molecule has 7 rings (SSSR count). The van der Waals surface area contributed by atoms with Crippen molar-refractivity contribution in [3.05, 3.63) is 132 Å². The third-order valence-electron chi connectivity index (χ3n) is 13.2. The number of methoxy groups -OCH3 is 2. The van der Waals surface area contributed by atoms with Crippen LogP contribution in [0, 0.1) is 0 Å². The van der Waals surface area contributed by atoms with Gasteiger partial charge >= 0.3 is 5.97 Å². The number of fused-ring (bicyclic) bond motifs is 6. The van der Waals surface area contributed by atoms with Crippen LogP contribution >= 0.6 is 0 Å². The van der Waals surface area contributed by atoms with Gasteiger partial charge in [-0.1, -0.05) is 49.4 Å². The Balaban J connectivity index is 1.47. The molecule has 16 nitrogen and oxygen atoms in total. The van der Waals surface area contributed by atoms with Gasteiger partial charge in [0.25, 0.3) is 20.2 Å². The van der Waals surface area contributed by atoms with Gasteiger partial charge in [0.15, 0.2) is 12.3 Å². The van der Waals surface area contributed by atoms with Crippen LogP contribution in [0.1, 0.15) is 63.1 Å².